The van der Waals surface area contributed by atoms with E-state index in [4.69, 9.17) is 10.5 Å². The molecule has 3 rings (SSSR count). The molecule has 134 valence electrons. The molecule has 2 heterocycles. The first-order chi connectivity index (χ1) is 11.8. The molecule has 1 amide bonds. The van der Waals surface area contributed by atoms with Gasteiger partial charge >= 0.3 is 6.09 Å². The van der Waals surface area contributed by atoms with E-state index < -0.39 is 5.60 Å². The molecule has 3 N–H and O–H groups in total. The Labute approximate surface area is 146 Å². The summed E-state index contributed by atoms with van der Waals surface area (Å²) in [5.41, 5.74) is 6.98. The highest BCUT2D eigenvalue weighted by Gasteiger charge is 2.34. The fourth-order valence-electron chi connectivity index (χ4n) is 3.07. The van der Waals surface area contributed by atoms with Gasteiger partial charge in [0.2, 0.25) is 0 Å². The van der Waals surface area contributed by atoms with Gasteiger partial charge in [0, 0.05) is 12.1 Å². The molecule has 0 bridgehead atoms. The number of benzene rings is 1. The summed E-state index contributed by atoms with van der Waals surface area (Å²) < 4.78 is 5.50. The summed E-state index contributed by atoms with van der Waals surface area (Å²) in [4.78, 5) is 33.8. The summed E-state index contributed by atoms with van der Waals surface area (Å²) in [7, 11) is 0. The molecule has 7 nitrogen and oxygen atoms in total. The van der Waals surface area contributed by atoms with Crippen molar-refractivity contribution in [3.8, 4) is 0 Å². The van der Waals surface area contributed by atoms with Crippen LogP contribution < -0.4 is 5.73 Å². The molecule has 0 unspecified atom stereocenters. The number of hydrogen-bond donors (Lipinski definition) is 2. The minimum absolute atomic E-state index is 0.0262. The number of likely N-dealkylation sites (tertiary alicyclic amines) is 1. The van der Waals surface area contributed by atoms with Gasteiger partial charge in [-0.05, 0) is 51.8 Å². The molecule has 7 heteroatoms. The van der Waals surface area contributed by atoms with Gasteiger partial charge < -0.3 is 15.5 Å². The van der Waals surface area contributed by atoms with Crippen LogP contribution in [0.25, 0.3) is 11.0 Å². The Morgan fingerprint density at radius 3 is 2.84 bits per heavy atom. The van der Waals surface area contributed by atoms with Crippen molar-refractivity contribution in [2.45, 2.75) is 45.3 Å². The van der Waals surface area contributed by atoms with Gasteiger partial charge in [-0.15, -0.1) is 0 Å². The van der Waals surface area contributed by atoms with Gasteiger partial charge in [0.15, 0.2) is 5.78 Å². The number of amides is 1. The van der Waals surface area contributed by atoms with Crippen LogP contribution in [-0.2, 0) is 4.74 Å². The van der Waals surface area contributed by atoms with Crippen LogP contribution in [-0.4, -0.2) is 45.4 Å². The standard InChI is InChI=1S/C18H24N4O3/c1-18(2,3)25-17(24)22-8-4-5-14(22)16-20-12-7-6-11(15(23)10-19)9-13(12)21-16/h6-7,9,14H,4-5,8,10,19H2,1-3H3,(H,20,21)/t14-/m0/s1. The summed E-state index contributed by atoms with van der Waals surface area (Å²) in [5.74, 6) is 0.602. The number of ether oxygens (including phenoxy) is 1. The van der Waals surface area contributed by atoms with Crippen molar-refractivity contribution in [2.24, 2.45) is 5.73 Å². The number of carbonyl (C=O) groups is 2. The van der Waals surface area contributed by atoms with E-state index in [-0.39, 0.29) is 24.5 Å². The van der Waals surface area contributed by atoms with Crippen LogP contribution in [0.15, 0.2) is 18.2 Å². The lowest BCUT2D eigenvalue weighted by Crippen LogP contribution is -2.36. The van der Waals surface area contributed by atoms with Gasteiger partial charge in [-0.25, -0.2) is 9.78 Å². The Morgan fingerprint density at radius 2 is 2.16 bits per heavy atom. The molecule has 0 radical (unpaired) electrons. The van der Waals surface area contributed by atoms with E-state index in [2.05, 4.69) is 9.97 Å². The van der Waals surface area contributed by atoms with Gasteiger partial charge in [0.05, 0.1) is 23.6 Å². The molecule has 0 aliphatic carbocycles. The van der Waals surface area contributed by atoms with E-state index in [0.29, 0.717) is 12.1 Å². The molecule has 1 aromatic heterocycles. The van der Waals surface area contributed by atoms with Gasteiger partial charge in [-0.2, -0.15) is 0 Å². The third-order valence-corrected chi connectivity index (χ3v) is 4.20. The third-order valence-electron chi connectivity index (χ3n) is 4.20. The summed E-state index contributed by atoms with van der Waals surface area (Å²) in [6.07, 6.45) is 1.40. The highest BCUT2D eigenvalue weighted by molar-refractivity contribution is 6.00. The van der Waals surface area contributed by atoms with Gasteiger partial charge in [0.1, 0.15) is 11.4 Å². The molecule has 1 aliphatic heterocycles. The Balaban J connectivity index is 1.87. The van der Waals surface area contributed by atoms with Crippen molar-refractivity contribution in [1.82, 2.24) is 14.9 Å². The first-order valence-electron chi connectivity index (χ1n) is 8.51. The average molecular weight is 344 g/mol. The monoisotopic (exact) mass is 344 g/mol. The number of ketones is 1. The van der Waals surface area contributed by atoms with Crippen LogP contribution in [0.4, 0.5) is 4.79 Å². The van der Waals surface area contributed by atoms with Gasteiger partial charge in [-0.1, -0.05) is 0 Å². The van der Waals surface area contributed by atoms with Crippen molar-refractivity contribution in [2.75, 3.05) is 13.1 Å². The van der Waals surface area contributed by atoms with Crippen molar-refractivity contribution in [3.63, 3.8) is 0 Å². The van der Waals surface area contributed by atoms with E-state index in [0.717, 1.165) is 29.7 Å². The zero-order valence-electron chi connectivity index (χ0n) is 14.8. The number of carbonyl (C=O) groups excluding carboxylic acids is 2. The maximum Gasteiger partial charge on any atom is 0.410 e. The minimum atomic E-state index is -0.532. The number of aromatic nitrogens is 2. The highest BCUT2D eigenvalue weighted by Crippen LogP contribution is 2.32. The maximum atomic E-state index is 12.4. The molecule has 1 aromatic carbocycles. The Bertz CT molecular complexity index is 806. The zero-order valence-corrected chi connectivity index (χ0v) is 14.8. The predicted molar refractivity (Wildman–Crippen MR) is 94.4 cm³/mol. The highest BCUT2D eigenvalue weighted by atomic mass is 16.6. The van der Waals surface area contributed by atoms with E-state index >= 15 is 0 Å². The second-order valence-corrected chi connectivity index (χ2v) is 7.31. The summed E-state index contributed by atoms with van der Waals surface area (Å²) >= 11 is 0. The van der Waals surface area contributed by atoms with Crippen LogP contribution in [0, 0.1) is 0 Å². The molecule has 0 saturated carbocycles. The number of hydrogen-bond acceptors (Lipinski definition) is 5. The van der Waals surface area contributed by atoms with E-state index in [9.17, 15) is 9.59 Å². The molecule has 0 spiro atoms. The van der Waals surface area contributed by atoms with Crippen molar-refractivity contribution < 1.29 is 14.3 Å². The molecular formula is C18H24N4O3. The summed E-state index contributed by atoms with van der Waals surface area (Å²) in [5, 5.41) is 0. The molecule has 1 saturated heterocycles. The van der Waals surface area contributed by atoms with E-state index in [1.54, 1.807) is 23.1 Å². The molecule has 2 aromatic rings. The van der Waals surface area contributed by atoms with Gasteiger partial charge in [0.25, 0.3) is 0 Å². The maximum absolute atomic E-state index is 12.4. The SMILES string of the molecule is CC(C)(C)OC(=O)N1CCC[C@H]1c1nc2ccc(C(=O)CN)cc2[nH]1. The van der Waals surface area contributed by atoms with Crippen LogP contribution in [0.3, 0.4) is 0 Å². The van der Waals surface area contributed by atoms with E-state index in [1.165, 1.54) is 0 Å². The second-order valence-electron chi connectivity index (χ2n) is 7.31. The first-order valence-corrected chi connectivity index (χ1v) is 8.51. The molecule has 1 aliphatic rings. The predicted octanol–water partition coefficient (Wildman–Crippen LogP) is 2.78. The average Bonchev–Trinajstić information content (AvgIpc) is 3.17. The fraction of sp³-hybridized carbons (Fsp3) is 0.500. The molecule has 25 heavy (non-hydrogen) atoms. The molecular weight excluding hydrogens is 320 g/mol. The number of imidazole rings is 1. The van der Waals surface area contributed by atoms with Crippen molar-refractivity contribution >= 4 is 22.9 Å². The fourth-order valence-corrected chi connectivity index (χ4v) is 3.07. The number of Topliss-reactive ketones (excluding diaryl/α,β-unsaturated/α-hetero) is 1. The van der Waals surface area contributed by atoms with Crippen molar-refractivity contribution in [1.29, 1.82) is 0 Å². The minimum Gasteiger partial charge on any atom is -0.444 e. The molecule has 1 fully saturated rings. The van der Waals surface area contributed by atoms with E-state index in [1.807, 2.05) is 20.8 Å². The summed E-state index contributed by atoms with van der Waals surface area (Å²) in [6, 6.07) is 5.14. The Kier molecular flexibility index (Phi) is 4.51. The lowest BCUT2D eigenvalue weighted by atomic mass is 10.1. The van der Waals surface area contributed by atoms with Crippen LogP contribution in [0.1, 0.15) is 55.8 Å². The molecule has 1 atom stereocenters. The Hall–Kier alpha value is -2.41. The number of nitrogens with zero attached hydrogens (tertiary/aromatic N) is 2. The van der Waals surface area contributed by atoms with Gasteiger partial charge in [-0.3, -0.25) is 9.69 Å². The topological polar surface area (TPSA) is 101 Å². The lowest BCUT2D eigenvalue weighted by molar-refractivity contribution is 0.0219. The van der Waals surface area contributed by atoms with Crippen molar-refractivity contribution in [3.05, 3.63) is 29.6 Å². The number of nitrogens with two attached hydrogens (primary N) is 1. The smallest absolute Gasteiger partial charge is 0.410 e. The Morgan fingerprint density at radius 1 is 1.40 bits per heavy atom. The third kappa shape index (κ3) is 3.66. The number of nitrogens with one attached hydrogen (secondary N) is 1. The lowest BCUT2D eigenvalue weighted by Gasteiger charge is -2.27. The first kappa shape index (κ1) is 17.4. The summed E-state index contributed by atoms with van der Waals surface area (Å²) in [6.45, 7) is 6.18. The zero-order chi connectivity index (χ0) is 18.2. The van der Waals surface area contributed by atoms with Crippen LogP contribution in [0.2, 0.25) is 0 Å². The largest absolute Gasteiger partial charge is 0.444 e. The van der Waals surface area contributed by atoms with Crippen LogP contribution in [0.5, 0.6) is 0 Å². The normalized spacial score (nSPS) is 17.9. The number of fused-ring (bicyclic) bond motifs is 1. The second kappa shape index (κ2) is 6.48. The number of aromatic amines is 1. The quantitative estimate of drug-likeness (QED) is 0.834. The van der Waals surface area contributed by atoms with Crippen LogP contribution >= 0.6 is 0 Å². The number of H-pyrrole nitrogens is 1. The number of rotatable bonds is 3.